The molecule has 0 aliphatic heterocycles. The standard InChI is InChI=1S/C30H37ClN2O2/c31-26-11-8-22(9-12-26)10-13-27(28(34)32-14-4-7-21-5-2-1-3-6-21)33-29(35)30-18-23-15-24(19-30)17-25(16-23)20-30/h1-3,5-6,8-9,11-12,23-25,27H,4,7,10,13-20H2,(H,32,34)(H,33,35)/t23?,24?,25?,27-,30?/m0/s1. The molecule has 4 aliphatic rings. The molecule has 4 saturated carbocycles. The van der Waals surface area contributed by atoms with E-state index in [9.17, 15) is 9.59 Å². The van der Waals surface area contributed by atoms with Gasteiger partial charge in [-0.05, 0) is 105 Å². The summed E-state index contributed by atoms with van der Waals surface area (Å²) >= 11 is 6.04. The zero-order valence-corrected chi connectivity index (χ0v) is 21.2. The van der Waals surface area contributed by atoms with Crippen molar-refractivity contribution in [2.24, 2.45) is 23.2 Å². The van der Waals surface area contributed by atoms with Crippen LogP contribution in [0.15, 0.2) is 54.6 Å². The summed E-state index contributed by atoms with van der Waals surface area (Å²) in [6.07, 6.45) is 10.0. The number of amides is 2. The first-order chi connectivity index (χ1) is 17.0. The van der Waals surface area contributed by atoms with Gasteiger partial charge in [-0.25, -0.2) is 0 Å². The second-order valence-electron chi connectivity index (χ2n) is 11.3. The lowest BCUT2D eigenvalue weighted by molar-refractivity contribution is -0.148. The molecule has 4 fully saturated rings. The number of hydrogen-bond donors (Lipinski definition) is 2. The van der Waals surface area contributed by atoms with Gasteiger partial charge in [-0.1, -0.05) is 54.1 Å². The van der Waals surface area contributed by atoms with Crippen LogP contribution in [-0.2, 0) is 22.4 Å². The molecule has 4 nitrogen and oxygen atoms in total. The third-order valence-corrected chi connectivity index (χ3v) is 8.81. The molecule has 0 radical (unpaired) electrons. The van der Waals surface area contributed by atoms with Crippen LogP contribution in [0.5, 0.6) is 0 Å². The second kappa shape index (κ2) is 10.7. The molecule has 2 amide bonds. The molecule has 1 atom stereocenters. The molecular weight excluding hydrogens is 456 g/mol. The zero-order valence-electron chi connectivity index (χ0n) is 20.5. The van der Waals surface area contributed by atoms with Crippen molar-refractivity contribution < 1.29 is 9.59 Å². The van der Waals surface area contributed by atoms with Gasteiger partial charge in [0.05, 0.1) is 0 Å². The van der Waals surface area contributed by atoms with Crippen molar-refractivity contribution in [3.8, 4) is 0 Å². The maximum atomic E-state index is 13.7. The third-order valence-electron chi connectivity index (χ3n) is 8.56. The lowest BCUT2D eigenvalue weighted by Gasteiger charge is -2.55. The van der Waals surface area contributed by atoms with Crippen LogP contribution in [0.1, 0.15) is 62.5 Å². The van der Waals surface area contributed by atoms with Crippen LogP contribution < -0.4 is 10.6 Å². The summed E-state index contributed by atoms with van der Waals surface area (Å²) < 4.78 is 0. The number of aryl methyl sites for hydroxylation is 2. The molecule has 4 bridgehead atoms. The Hall–Kier alpha value is -2.33. The molecule has 2 aromatic rings. The highest BCUT2D eigenvalue weighted by molar-refractivity contribution is 6.30. The predicted octanol–water partition coefficient (Wildman–Crippen LogP) is 5.72. The van der Waals surface area contributed by atoms with Crippen LogP contribution in [0.2, 0.25) is 5.02 Å². The van der Waals surface area contributed by atoms with E-state index in [0.717, 1.165) is 44.1 Å². The molecule has 5 heteroatoms. The molecule has 0 aromatic heterocycles. The highest BCUT2D eigenvalue weighted by atomic mass is 35.5. The van der Waals surface area contributed by atoms with Gasteiger partial charge in [-0.3, -0.25) is 9.59 Å². The molecular formula is C30H37ClN2O2. The number of nitrogens with one attached hydrogen (secondary N) is 2. The lowest BCUT2D eigenvalue weighted by Crippen LogP contribution is -2.57. The van der Waals surface area contributed by atoms with E-state index in [1.807, 2.05) is 42.5 Å². The fourth-order valence-corrected chi connectivity index (χ4v) is 7.33. The summed E-state index contributed by atoms with van der Waals surface area (Å²) in [6.45, 7) is 0.610. The van der Waals surface area contributed by atoms with Gasteiger partial charge < -0.3 is 10.6 Å². The average molecular weight is 493 g/mol. The van der Waals surface area contributed by atoms with Crippen LogP contribution in [0, 0.1) is 23.2 Å². The summed E-state index contributed by atoms with van der Waals surface area (Å²) in [5, 5.41) is 7.04. The first-order valence-corrected chi connectivity index (χ1v) is 13.7. The van der Waals surface area contributed by atoms with Crippen molar-refractivity contribution in [3.05, 3.63) is 70.7 Å². The van der Waals surface area contributed by atoms with E-state index in [4.69, 9.17) is 11.6 Å². The van der Waals surface area contributed by atoms with Crippen LogP contribution in [0.4, 0.5) is 0 Å². The Morgan fingerprint density at radius 3 is 2.09 bits per heavy atom. The van der Waals surface area contributed by atoms with Gasteiger partial charge >= 0.3 is 0 Å². The number of hydrogen-bond acceptors (Lipinski definition) is 2. The summed E-state index contributed by atoms with van der Waals surface area (Å²) in [4.78, 5) is 26.9. The van der Waals surface area contributed by atoms with Gasteiger partial charge in [0, 0.05) is 17.0 Å². The number of benzene rings is 2. The van der Waals surface area contributed by atoms with Crippen LogP contribution in [0.25, 0.3) is 0 Å². The molecule has 2 aromatic carbocycles. The number of rotatable bonds is 10. The monoisotopic (exact) mass is 492 g/mol. The van der Waals surface area contributed by atoms with Crippen molar-refractivity contribution >= 4 is 23.4 Å². The smallest absolute Gasteiger partial charge is 0.242 e. The van der Waals surface area contributed by atoms with E-state index in [0.29, 0.717) is 35.7 Å². The average Bonchev–Trinajstić information content (AvgIpc) is 2.85. The number of carbonyl (C=O) groups is 2. The fraction of sp³-hybridized carbons (Fsp3) is 0.533. The number of halogens is 1. The molecule has 2 N–H and O–H groups in total. The van der Waals surface area contributed by atoms with Crippen molar-refractivity contribution in [1.29, 1.82) is 0 Å². The molecule has 35 heavy (non-hydrogen) atoms. The minimum Gasteiger partial charge on any atom is -0.354 e. The molecule has 0 saturated heterocycles. The fourth-order valence-electron chi connectivity index (χ4n) is 7.20. The molecule has 4 aliphatic carbocycles. The molecule has 0 unspecified atom stereocenters. The van der Waals surface area contributed by atoms with Crippen LogP contribution in [0.3, 0.4) is 0 Å². The van der Waals surface area contributed by atoms with Crippen molar-refractivity contribution in [2.75, 3.05) is 6.54 Å². The van der Waals surface area contributed by atoms with Gasteiger partial charge in [-0.15, -0.1) is 0 Å². The highest BCUT2D eigenvalue weighted by Gasteiger charge is 2.54. The summed E-state index contributed by atoms with van der Waals surface area (Å²) in [7, 11) is 0. The van der Waals surface area contributed by atoms with Gasteiger partial charge in [-0.2, -0.15) is 0 Å². The topological polar surface area (TPSA) is 58.2 Å². The quantitative estimate of drug-likeness (QED) is 0.416. The Morgan fingerprint density at radius 2 is 1.46 bits per heavy atom. The summed E-state index contributed by atoms with van der Waals surface area (Å²) in [6, 6.07) is 17.6. The van der Waals surface area contributed by atoms with Gasteiger partial charge in [0.15, 0.2) is 0 Å². The number of carbonyl (C=O) groups excluding carboxylic acids is 2. The van der Waals surface area contributed by atoms with Crippen molar-refractivity contribution in [3.63, 3.8) is 0 Å². The van der Waals surface area contributed by atoms with E-state index in [2.05, 4.69) is 22.8 Å². The Bertz CT molecular complexity index is 985. The summed E-state index contributed by atoms with van der Waals surface area (Å²) in [5.41, 5.74) is 2.15. The second-order valence-corrected chi connectivity index (χ2v) is 11.7. The summed E-state index contributed by atoms with van der Waals surface area (Å²) in [5.74, 6) is 2.16. The minimum atomic E-state index is -0.511. The first-order valence-electron chi connectivity index (χ1n) is 13.4. The molecule has 6 rings (SSSR count). The third kappa shape index (κ3) is 5.91. The molecule has 0 heterocycles. The van der Waals surface area contributed by atoms with E-state index >= 15 is 0 Å². The van der Waals surface area contributed by atoms with E-state index in [1.54, 1.807) is 0 Å². The Morgan fingerprint density at radius 1 is 0.857 bits per heavy atom. The van der Waals surface area contributed by atoms with E-state index in [1.165, 1.54) is 24.8 Å². The van der Waals surface area contributed by atoms with E-state index in [-0.39, 0.29) is 17.2 Å². The minimum absolute atomic E-state index is 0.0647. The van der Waals surface area contributed by atoms with Crippen LogP contribution in [-0.4, -0.2) is 24.4 Å². The Kier molecular flexibility index (Phi) is 7.48. The van der Waals surface area contributed by atoms with E-state index < -0.39 is 6.04 Å². The molecule has 0 spiro atoms. The largest absolute Gasteiger partial charge is 0.354 e. The first kappa shape index (κ1) is 24.4. The van der Waals surface area contributed by atoms with Crippen molar-refractivity contribution in [1.82, 2.24) is 10.6 Å². The maximum absolute atomic E-state index is 13.7. The highest BCUT2D eigenvalue weighted by Crippen LogP contribution is 2.60. The van der Waals surface area contributed by atoms with Crippen molar-refractivity contribution in [2.45, 2.75) is 70.3 Å². The molecule has 186 valence electrons. The lowest BCUT2D eigenvalue weighted by atomic mass is 9.49. The van der Waals surface area contributed by atoms with Gasteiger partial charge in [0.25, 0.3) is 0 Å². The normalized spacial score (nSPS) is 27.4. The van der Waals surface area contributed by atoms with Gasteiger partial charge in [0.2, 0.25) is 11.8 Å². The Balaban J connectivity index is 1.21. The maximum Gasteiger partial charge on any atom is 0.242 e. The zero-order chi connectivity index (χ0) is 24.3. The SMILES string of the molecule is O=C(NCCCc1ccccc1)[C@H](CCc1ccc(Cl)cc1)NC(=O)C12CC3CC(CC(C3)C1)C2. The van der Waals surface area contributed by atoms with Gasteiger partial charge in [0.1, 0.15) is 6.04 Å². The predicted molar refractivity (Wildman–Crippen MR) is 140 cm³/mol. The Labute approximate surface area is 214 Å². The van der Waals surface area contributed by atoms with Crippen LogP contribution >= 0.6 is 11.6 Å².